The van der Waals surface area contributed by atoms with E-state index < -0.39 is 0 Å². The maximum atomic E-state index is 14.4. The lowest BCUT2D eigenvalue weighted by molar-refractivity contribution is -0.105. The molecule has 7 heteroatoms. The topological polar surface area (TPSA) is 59.5 Å². The van der Waals surface area contributed by atoms with E-state index in [0.717, 1.165) is 5.56 Å². The molecule has 4 aromatic rings. The molecule has 0 radical (unpaired) electrons. The van der Waals surface area contributed by atoms with Gasteiger partial charge in [-0.3, -0.25) is 9.18 Å². The van der Waals surface area contributed by atoms with Gasteiger partial charge < -0.3 is 14.1 Å². The van der Waals surface area contributed by atoms with Gasteiger partial charge in [0.15, 0.2) is 5.82 Å². The number of hydrogen-bond acceptors (Lipinski definition) is 3. The number of halogens is 2. The summed E-state index contributed by atoms with van der Waals surface area (Å²) in [4.78, 5) is 14.8. The average molecular weight is 371 g/mol. The standard InChI is InChI=1S/C18H12FN3O2.C2H5F.H2/c19-14-4-1-3-13(18(14)15-5-2-8-24-15)12-6-7-17-21-16(20-11-23)10-22(17)9-12;1-2-3;/h1-11H,(H,20,23);2H2,1H3;1H. The zero-order chi connectivity index (χ0) is 19.2. The van der Waals surface area contributed by atoms with Crippen molar-refractivity contribution in [1.29, 1.82) is 0 Å². The number of nitrogens with zero attached hydrogens (tertiary/aromatic N) is 2. The van der Waals surface area contributed by atoms with Crippen molar-refractivity contribution >= 4 is 17.9 Å². The van der Waals surface area contributed by atoms with E-state index in [1.54, 1.807) is 28.8 Å². The Morgan fingerprint density at radius 3 is 2.74 bits per heavy atom. The number of furan rings is 1. The van der Waals surface area contributed by atoms with Crippen LogP contribution in [-0.2, 0) is 4.79 Å². The van der Waals surface area contributed by atoms with Crippen LogP contribution in [0, 0.1) is 5.82 Å². The van der Waals surface area contributed by atoms with Crippen LogP contribution >= 0.6 is 0 Å². The Hall–Kier alpha value is -3.48. The minimum Gasteiger partial charge on any atom is -0.464 e. The number of carbonyl (C=O) groups is 1. The Labute approximate surface area is 155 Å². The van der Waals surface area contributed by atoms with Gasteiger partial charge in [0, 0.05) is 7.62 Å². The third-order valence-corrected chi connectivity index (χ3v) is 3.75. The minimum absolute atomic E-state index is 0. The summed E-state index contributed by atoms with van der Waals surface area (Å²) in [5, 5.41) is 2.51. The second kappa shape index (κ2) is 8.27. The maximum absolute atomic E-state index is 14.4. The van der Waals surface area contributed by atoms with Gasteiger partial charge in [-0.25, -0.2) is 9.37 Å². The SMILES string of the molecule is CCF.O=CNc1cn2cc(-c3cccc(F)c3-c3ccco3)ccc2n1.[HH]. The molecule has 27 heavy (non-hydrogen) atoms. The van der Waals surface area contributed by atoms with Crippen molar-refractivity contribution in [2.45, 2.75) is 6.92 Å². The van der Waals surface area contributed by atoms with Crippen LogP contribution in [0.15, 0.2) is 65.5 Å². The van der Waals surface area contributed by atoms with Gasteiger partial charge in [-0.05, 0) is 48.4 Å². The number of alkyl halides is 1. The zero-order valence-corrected chi connectivity index (χ0v) is 14.5. The van der Waals surface area contributed by atoms with Crippen molar-refractivity contribution in [1.82, 2.24) is 9.38 Å². The quantitative estimate of drug-likeness (QED) is 0.502. The fourth-order valence-corrected chi connectivity index (χ4v) is 2.72. The summed E-state index contributed by atoms with van der Waals surface area (Å²) in [6, 6.07) is 12.0. The highest BCUT2D eigenvalue weighted by Crippen LogP contribution is 2.34. The van der Waals surface area contributed by atoms with Gasteiger partial charge in [-0.1, -0.05) is 12.1 Å². The largest absolute Gasteiger partial charge is 0.464 e. The van der Waals surface area contributed by atoms with Crippen LogP contribution in [0.4, 0.5) is 14.6 Å². The van der Waals surface area contributed by atoms with Gasteiger partial charge >= 0.3 is 0 Å². The number of anilines is 1. The number of carbonyl (C=O) groups excluding carboxylic acids is 1. The van der Waals surface area contributed by atoms with E-state index >= 15 is 0 Å². The van der Waals surface area contributed by atoms with E-state index in [1.807, 2.05) is 24.4 Å². The number of pyridine rings is 1. The number of hydrogen-bond donors (Lipinski definition) is 1. The van der Waals surface area contributed by atoms with Gasteiger partial charge in [0.05, 0.1) is 24.7 Å². The van der Waals surface area contributed by atoms with Gasteiger partial charge in [-0.15, -0.1) is 0 Å². The van der Waals surface area contributed by atoms with Crippen LogP contribution in [0.2, 0.25) is 0 Å². The van der Waals surface area contributed by atoms with Gasteiger partial charge in [0.2, 0.25) is 6.41 Å². The second-order valence-corrected chi connectivity index (χ2v) is 5.48. The third-order valence-electron chi connectivity index (χ3n) is 3.75. The fourth-order valence-electron chi connectivity index (χ4n) is 2.72. The second-order valence-electron chi connectivity index (χ2n) is 5.48. The van der Waals surface area contributed by atoms with E-state index in [4.69, 9.17) is 4.42 Å². The Morgan fingerprint density at radius 1 is 1.22 bits per heavy atom. The summed E-state index contributed by atoms with van der Waals surface area (Å²) in [6.07, 6.45) is 5.62. The molecule has 0 saturated carbocycles. The van der Waals surface area contributed by atoms with Gasteiger partial charge in [0.1, 0.15) is 17.2 Å². The number of rotatable bonds is 4. The molecule has 3 aromatic heterocycles. The molecule has 0 aliphatic heterocycles. The normalized spacial score (nSPS) is 10.3. The van der Waals surface area contributed by atoms with E-state index in [2.05, 4.69) is 10.3 Å². The van der Waals surface area contributed by atoms with Crippen LogP contribution in [0.1, 0.15) is 8.35 Å². The number of benzene rings is 1. The first-order valence-electron chi connectivity index (χ1n) is 8.25. The van der Waals surface area contributed by atoms with Crippen molar-refractivity contribution in [3.8, 4) is 22.5 Å². The van der Waals surface area contributed by atoms with E-state index in [0.29, 0.717) is 34.8 Å². The maximum Gasteiger partial charge on any atom is 0.212 e. The molecule has 4 rings (SSSR count). The van der Waals surface area contributed by atoms with E-state index in [1.165, 1.54) is 19.3 Å². The lowest BCUT2D eigenvalue weighted by Gasteiger charge is -2.09. The predicted molar refractivity (Wildman–Crippen MR) is 102 cm³/mol. The smallest absolute Gasteiger partial charge is 0.212 e. The Balaban J connectivity index is 0.000000660. The molecule has 0 aliphatic rings. The fraction of sp³-hybridized carbons (Fsp3) is 0.100. The number of nitrogens with one attached hydrogen (secondary N) is 1. The first-order valence-corrected chi connectivity index (χ1v) is 8.25. The van der Waals surface area contributed by atoms with Crippen molar-refractivity contribution in [2.75, 3.05) is 12.0 Å². The van der Waals surface area contributed by atoms with E-state index in [9.17, 15) is 13.6 Å². The summed E-state index contributed by atoms with van der Waals surface area (Å²) < 4.78 is 31.8. The molecule has 0 aliphatic carbocycles. The van der Waals surface area contributed by atoms with Crippen molar-refractivity contribution in [3.05, 3.63) is 66.9 Å². The first kappa shape index (κ1) is 18.3. The lowest BCUT2D eigenvalue weighted by atomic mass is 9.99. The van der Waals surface area contributed by atoms with Crippen molar-refractivity contribution in [3.63, 3.8) is 0 Å². The number of imidazole rings is 1. The highest BCUT2D eigenvalue weighted by molar-refractivity contribution is 5.82. The third kappa shape index (κ3) is 3.87. The summed E-state index contributed by atoms with van der Waals surface area (Å²) in [7, 11) is 0. The van der Waals surface area contributed by atoms with Crippen LogP contribution in [0.25, 0.3) is 28.1 Å². The summed E-state index contributed by atoms with van der Waals surface area (Å²) >= 11 is 0. The van der Waals surface area contributed by atoms with Crippen molar-refractivity contribution in [2.24, 2.45) is 0 Å². The predicted octanol–water partition coefficient (Wildman–Crippen LogP) is 5.19. The van der Waals surface area contributed by atoms with Crippen LogP contribution in [0.3, 0.4) is 0 Å². The molecule has 3 heterocycles. The van der Waals surface area contributed by atoms with Crippen LogP contribution < -0.4 is 5.32 Å². The molecular weight excluding hydrogens is 352 g/mol. The molecule has 0 bridgehead atoms. The summed E-state index contributed by atoms with van der Waals surface area (Å²) in [6.45, 7) is 1.21. The van der Waals surface area contributed by atoms with Gasteiger partial charge in [-0.2, -0.15) is 0 Å². The molecule has 5 nitrogen and oxygen atoms in total. The minimum atomic E-state index is -0.350. The molecule has 0 unspecified atom stereocenters. The monoisotopic (exact) mass is 371 g/mol. The van der Waals surface area contributed by atoms with E-state index in [-0.39, 0.29) is 13.9 Å². The Morgan fingerprint density at radius 2 is 2.04 bits per heavy atom. The molecule has 1 N–H and O–H groups in total. The lowest BCUT2D eigenvalue weighted by Crippen LogP contribution is -1.92. The van der Waals surface area contributed by atoms with Gasteiger partial charge in [0.25, 0.3) is 0 Å². The number of aromatic nitrogens is 2. The molecular formula is C20H19F2N3O2. The van der Waals surface area contributed by atoms with Crippen molar-refractivity contribution < 1.29 is 19.4 Å². The molecule has 0 atom stereocenters. The highest BCUT2D eigenvalue weighted by Gasteiger charge is 2.15. The molecule has 0 saturated heterocycles. The first-order chi connectivity index (χ1) is 13.2. The van der Waals surface area contributed by atoms with Crippen LogP contribution in [-0.4, -0.2) is 22.5 Å². The molecule has 140 valence electrons. The number of amides is 1. The summed E-state index contributed by atoms with van der Waals surface area (Å²) in [5.41, 5.74) is 2.61. The Bertz CT molecular complexity index is 1050. The average Bonchev–Trinajstić information content (AvgIpc) is 3.31. The molecule has 1 amide bonds. The molecule has 0 spiro atoms. The Kier molecular flexibility index (Phi) is 5.61. The highest BCUT2D eigenvalue weighted by atomic mass is 19.1. The van der Waals surface area contributed by atoms with Crippen LogP contribution in [0.5, 0.6) is 0 Å². The molecule has 1 aromatic carbocycles. The molecule has 0 fully saturated rings. The zero-order valence-electron chi connectivity index (χ0n) is 14.5. The number of fused-ring (bicyclic) bond motifs is 1. The summed E-state index contributed by atoms with van der Waals surface area (Å²) in [5.74, 6) is 0.571.